The maximum absolute atomic E-state index is 5.58. The number of hydrogen-bond donors (Lipinski definition) is 0. The molecule has 0 radical (unpaired) electrons. The fourth-order valence-electron chi connectivity index (χ4n) is 8.64. The van der Waals surface area contributed by atoms with E-state index in [0.29, 0.717) is 0 Å². The van der Waals surface area contributed by atoms with Gasteiger partial charge in [0.15, 0.2) is 0 Å². The third-order valence-electron chi connectivity index (χ3n) is 10.8. The van der Waals surface area contributed by atoms with Gasteiger partial charge in [-0.05, 0) is 0 Å². The molecule has 1 nitrogen and oxygen atoms in total. The van der Waals surface area contributed by atoms with Crippen molar-refractivity contribution in [2.24, 2.45) is 0 Å². The Balaban J connectivity index is 1.18. The molecule has 11 rings (SSSR count). The van der Waals surface area contributed by atoms with Crippen molar-refractivity contribution in [3.8, 4) is 44.5 Å². The molecule has 0 bridgehead atoms. The minimum absolute atomic E-state index is 0.125. The van der Waals surface area contributed by atoms with Gasteiger partial charge < -0.3 is 0 Å². The van der Waals surface area contributed by atoms with Crippen LogP contribution >= 0.6 is 0 Å². The Morgan fingerprint density at radius 2 is 0.808 bits per heavy atom. The van der Waals surface area contributed by atoms with E-state index in [1.807, 2.05) is 6.26 Å². The molecule has 0 aliphatic heterocycles. The summed E-state index contributed by atoms with van der Waals surface area (Å²) in [7, 11) is 0. The van der Waals surface area contributed by atoms with Crippen molar-refractivity contribution >= 4 is 76.9 Å². The number of fused-ring (bicyclic) bond motifs is 7. The Hall–Kier alpha value is -6.18. The van der Waals surface area contributed by atoms with Crippen molar-refractivity contribution in [3.05, 3.63) is 182 Å². The summed E-state index contributed by atoms with van der Waals surface area (Å²) in [4.78, 5) is 0. The molecule has 0 saturated carbocycles. The molecular formula is C50H30OSe. The Morgan fingerprint density at radius 3 is 1.35 bits per heavy atom. The number of benzene rings is 9. The molecule has 0 spiro atoms. The minimum atomic E-state index is 0.125. The summed E-state index contributed by atoms with van der Waals surface area (Å²) >= 11 is 0.125. The molecule has 0 fully saturated rings. The maximum atomic E-state index is 5.58. The number of furan rings is 1. The molecular weight excluding hydrogens is 696 g/mol. The van der Waals surface area contributed by atoms with Gasteiger partial charge in [0.2, 0.25) is 0 Å². The molecule has 0 N–H and O–H groups in total. The topological polar surface area (TPSA) is 13.1 Å². The summed E-state index contributed by atoms with van der Waals surface area (Å²) in [6.45, 7) is 0. The van der Waals surface area contributed by atoms with Crippen LogP contribution < -0.4 is 0 Å². The molecule has 9 aromatic carbocycles. The molecule has 0 aliphatic carbocycles. The van der Waals surface area contributed by atoms with Crippen molar-refractivity contribution in [2.45, 2.75) is 0 Å². The molecule has 2 heterocycles. The molecule has 0 aliphatic rings. The Kier molecular flexibility index (Phi) is 6.64. The Labute approximate surface area is 306 Å². The predicted molar refractivity (Wildman–Crippen MR) is 222 cm³/mol. The van der Waals surface area contributed by atoms with E-state index in [1.165, 1.54) is 101 Å². The van der Waals surface area contributed by atoms with E-state index in [2.05, 4.69) is 170 Å². The first-order valence-corrected chi connectivity index (χ1v) is 19.5. The molecule has 0 atom stereocenters. The average Bonchev–Trinajstić information content (AvgIpc) is 3.88. The molecule has 52 heavy (non-hydrogen) atoms. The average molecular weight is 726 g/mol. The monoisotopic (exact) mass is 726 g/mol. The van der Waals surface area contributed by atoms with Gasteiger partial charge in [0, 0.05) is 0 Å². The van der Waals surface area contributed by atoms with Crippen molar-refractivity contribution in [1.82, 2.24) is 0 Å². The van der Waals surface area contributed by atoms with E-state index in [9.17, 15) is 0 Å². The summed E-state index contributed by atoms with van der Waals surface area (Å²) < 4.78 is 8.49. The molecule has 11 aromatic rings. The Bertz CT molecular complexity index is 3050. The van der Waals surface area contributed by atoms with Crippen LogP contribution in [0.4, 0.5) is 0 Å². The van der Waals surface area contributed by atoms with E-state index in [1.54, 1.807) is 6.26 Å². The van der Waals surface area contributed by atoms with Crippen molar-refractivity contribution < 1.29 is 4.42 Å². The summed E-state index contributed by atoms with van der Waals surface area (Å²) in [5.74, 6) is 0. The standard InChI is InChI=1S/C50H30OSe/c1-2-13-31(14-3-1)46-39-19-8-10-21-41(39)49(42-22-11-9-20-40(42)46)44-24-12-23-43-34-26-25-32(29-45(34)52-50(43)44)47-35-15-4-6-17-37(35)48(33-27-28-51-30-33)38-18-7-5-16-36(38)47/h1-30H. The first kappa shape index (κ1) is 29.5. The second-order valence-electron chi connectivity index (χ2n) is 13.6. The van der Waals surface area contributed by atoms with Crippen LogP contribution in [0.1, 0.15) is 0 Å². The molecule has 242 valence electrons. The Morgan fingerprint density at radius 1 is 0.327 bits per heavy atom. The zero-order chi connectivity index (χ0) is 34.2. The fraction of sp³-hybridized carbons (Fsp3) is 0. The fourth-order valence-corrected chi connectivity index (χ4v) is 11.3. The molecule has 0 saturated heterocycles. The first-order valence-electron chi connectivity index (χ1n) is 17.7. The summed E-state index contributed by atoms with van der Waals surface area (Å²) in [5, 5.41) is 12.9. The van der Waals surface area contributed by atoms with Crippen LogP contribution in [0.5, 0.6) is 0 Å². The van der Waals surface area contributed by atoms with Gasteiger partial charge in [0.25, 0.3) is 0 Å². The van der Waals surface area contributed by atoms with Crippen LogP contribution in [0.25, 0.3) is 107 Å². The van der Waals surface area contributed by atoms with Crippen molar-refractivity contribution in [1.29, 1.82) is 0 Å². The summed E-state index contributed by atoms with van der Waals surface area (Å²) in [6, 6.07) is 62.8. The van der Waals surface area contributed by atoms with Crippen LogP contribution in [-0.2, 0) is 0 Å². The van der Waals surface area contributed by atoms with Gasteiger partial charge in [-0.2, -0.15) is 0 Å². The summed E-state index contributed by atoms with van der Waals surface area (Å²) in [5.41, 5.74) is 10.1. The van der Waals surface area contributed by atoms with E-state index < -0.39 is 0 Å². The van der Waals surface area contributed by atoms with E-state index in [-0.39, 0.29) is 14.5 Å². The van der Waals surface area contributed by atoms with Gasteiger partial charge >= 0.3 is 308 Å². The third-order valence-corrected chi connectivity index (χ3v) is 13.3. The zero-order valence-electron chi connectivity index (χ0n) is 28.1. The van der Waals surface area contributed by atoms with Gasteiger partial charge in [-0.3, -0.25) is 0 Å². The number of rotatable bonds is 4. The normalized spacial score (nSPS) is 11.8. The van der Waals surface area contributed by atoms with E-state index in [0.717, 1.165) is 5.56 Å². The van der Waals surface area contributed by atoms with Gasteiger partial charge in [-0.1, -0.05) is 0 Å². The van der Waals surface area contributed by atoms with Crippen molar-refractivity contribution in [2.75, 3.05) is 0 Å². The van der Waals surface area contributed by atoms with Crippen molar-refractivity contribution in [3.63, 3.8) is 0 Å². The van der Waals surface area contributed by atoms with Crippen LogP contribution in [0.2, 0.25) is 0 Å². The van der Waals surface area contributed by atoms with Crippen LogP contribution in [0.3, 0.4) is 0 Å². The molecule has 0 unspecified atom stereocenters. The molecule has 0 amide bonds. The van der Waals surface area contributed by atoms with Gasteiger partial charge in [0.1, 0.15) is 0 Å². The molecule has 2 aromatic heterocycles. The van der Waals surface area contributed by atoms with Gasteiger partial charge in [0.05, 0.1) is 0 Å². The van der Waals surface area contributed by atoms with Crippen LogP contribution in [0.15, 0.2) is 187 Å². The number of hydrogen-bond acceptors (Lipinski definition) is 1. The van der Waals surface area contributed by atoms with E-state index >= 15 is 0 Å². The van der Waals surface area contributed by atoms with Gasteiger partial charge in [-0.25, -0.2) is 0 Å². The first-order chi connectivity index (χ1) is 25.8. The molecule has 2 heteroatoms. The zero-order valence-corrected chi connectivity index (χ0v) is 29.9. The summed E-state index contributed by atoms with van der Waals surface area (Å²) in [6.07, 6.45) is 3.63. The van der Waals surface area contributed by atoms with E-state index in [4.69, 9.17) is 4.42 Å². The third kappa shape index (κ3) is 4.36. The van der Waals surface area contributed by atoms with Crippen LogP contribution in [0, 0.1) is 0 Å². The second kappa shape index (κ2) is 11.7. The van der Waals surface area contributed by atoms with Crippen LogP contribution in [-0.4, -0.2) is 14.5 Å². The second-order valence-corrected chi connectivity index (χ2v) is 15.8. The predicted octanol–water partition coefficient (Wildman–Crippen LogP) is 13.9. The van der Waals surface area contributed by atoms with Gasteiger partial charge in [-0.15, -0.1) is 0 Å². The SMILES string of the molecule is c1ccc(-c2c3ccccc3c(-c3cccc4c3[se]c3cc(-c5c6ccccc6c(-c6ccoc6)c6ccccc56)ccc34)c3ccccc23)cc1. The quantitative estimate of drug-likeness (QED) is 0.130.